The Balaban J connectivity index is 2.08. The zero-order valence-corrected chi connectivity index (χ0v) is 11.5. The summed E-state index contributed by atoms with van der Waals surface area (Å²) in [6.07, 6.45) is 4.66. The highest BCUT2D eigenvalue weighted by Gasteiger charge is 2.42. The third-order valence-corrected chi connectivity index (χ3v) is 3.76. The topological polar surface area (TPSA) is 117 Å². The van der Waals surface area contributed by atoms with Crippen LogP contribution < -0.4 is 15.8 Å². The summed E-state index contributed by atoms with van der Waals surface area (Å²) in [4.78, 5) is 0. The van der Waals surface area contributed by atoms with Gasteiger partial charge < -0.3 is 16.3 Å². The molecule has 18 heavy (non-hydrogen) atoms. The number of hydrogen-bond acceptors (Lipinski definition) is 5. The van der Waals surface area contributed by atoms with E-state index in [0.717, 1.165) is 38.6 Å². The van der Waals surface area contributed by atoms with Gasteiger partial charge in [-0.3, -0.25) is 0 Å². The van der Waals surface area contributed by atoms with Gasteiger partial charge in [0.1, 0.15) is 5.84 Å². The first-order valence-corrected chi connectivity index (χ1v) is 7.88. The first-order chi connectivity index (χ1) is 8.37. The van der Waals surface area contributed by atoms with Gasteiger partial charge in [0, 0.05) is 19.5 Å². The predicted molar refractivity (Wildman–Crippen MR) is 70.0 cm³/mol. The van der Waals surface area contributed by atoms with Crippen LogP contribution in [0.5, 0.6) is 0 Å². The van der Waals surface area contributed by atoms with Gasteiger partial charge in [-0.05, 0) is 31.2 Å². The molecule has 0 unspecified atom stereocenters. The fourth-order valence-electron chi connectivity index (χ4n) is 1.84. The Labute approximate surface area is 108 Å². The van der Waals surface area contributed by atoms with Crippen LogP contribution in [0.3, 0.4) is 0 Å². The van der Waals surface area contributed by atoms with Crippen molar-refractivity contribution in [3.8, 4) is 0 Å². The lowest BCUT2D eigenvalue weighted by Gasteiger charge is -2.15. The zero-order valence-electron chi connectivity index (χ0n) is 10.6. The Hall–Kier alpha value is -0.860. The Morgan fingerprint density at radius 2 is 2.11 bits per heavy atom. The summed E-state index contributed by atoms with van der Waals surface area (Å²) in [5.41, 5.74) is 5.63. The molecule has 0 atom stereocenters. The Bertz CT molecular complexity index is 390. The first kappa shape index (κ1) is 15.2. The summed E-state index contributed by atoms with van der Waals surface area (Å²) in [5, 5.41) is 14.8. The van der Waals surface area contributed by atoms with Crippen LogP contribution in [0.25, 0.3) is 0 Å². The van der Waals surface area contributed by atoms with E-state index in [1.165, 1.54) is 0 Å². The van der Waals surface area contributed by atoms with E-state index in [1.807, 2.05) is 0 Å². The van der Waals surface area contributed by atoms with Gasteiger partial charge in [-0.15, -0.1) is 0 Å². The molecule has 7 nitrogen and oxygen atoms in total. The molecule has 5 N–H and O–H groups in total. The zero-order chi connectivity index (χ0) is 13.6. The summed E-state index contributed by atoms with van der Waals surface area (Å²) < 4.78 is 24.0. The average molecular weight is 278 g/mol. The SMILES string of the molecule is CS(=O)(=O)NCCCNCC1(CC(N)=NO)CC1. The summed E-state index contributed by atoms with van der Waals surface area (Å²) in [7, 11) is -3.08. The molecule has 0 bridgehead atoms. The molecular formula is C10H22N4O3S. The summed E-state index contributed by atoms with van der Waals surface area (Å²) in [5.74, 6) is 0.271. The maximum atomic E-state index is 10.8. The molecule has 1 aliphatic carbocycles. The van der Waals surface area contributed by atoms with Crippen molar-refractivity contribution in [3.05, 3.63) is 0 Å². The highest BCUT2D eigenvalue weighted by atomic mass is 32.2. The quantitative estimate of drug-likeness (QED) is 0.148. The third-order valence-electron chi connectivity index (χ3n) is 3.04. The van der Waals surface area contributed by atoms with Crippen LogP contribution in [0.15, 0.2) is 5.16 Å². The highest BCUT2D eigenvalue weighted by molar-refractivity contribution is 7.88. The second kappa shape index (κ2) is 6.35. The van der Waals surface area contributed by atoms with E-state index in [-0.39, 0.29) is 11.3 Å². The van der Waals surface area contributed by atoms with Crippen molar-refractivity contribution in [2.24, 2.45) is 16.3 Å². The second-order valence-corrected chi connectivity index (χ2v) is 6.80. The average Bonchev–Trinajstić information content (AvgIpc) is 3.02. The van der Waals surface area contributed by atoms with E-state index in [0.29, 0.717) is 13.0 Å². The molecule has 0 radical (unpaired) electrons. The maximum absolute atomic E-state index is 10.8. The Morgan fingerprint density at radius 3 is 2.61 bits per heavy atom. The highest BCUT2D eigenvalue weighted by Crippen LogP contribution is 2.48. The number of oxime groups is 1. The summed E-state index contributed by atoms with van der Waals surface area (Å²) >= 11 is 0. The van der Waals surface area contributed by atoms with Gasteiger partial charge >= 0.3 is 0 Å². The molecule has 1 saturated carbocycles. The number of hydrogen-bond donors (Lipinski definition) is 4. The minimum Gasteiger partial charge on any atom is -0.409 e. The number of rotatable bonds is 9. The molecule has 0 aromatic carbocycles. The van der Waals surface area contributed by atoms with Crippen LogP contribution in [0.4, 0.5) is 0 Å². The molecule has 0 aromatic heterocycles. The molecule has 0 heterocycles. The molecular weight excluding hydrogens is 256 g/mol. The molecule has 0 spiro atoms. The fraction of sp³-hybridized carbons (Fsp3) is 0.900. The normalized spacial score (nSPS) is 18.8. The second-order valence-electron chi connectivity index (χ2n) is 4.96. The van der Waals surface area contributed by atoms with Crippen LogP contribution in [0, 0.1) is 5.41 Å². The van der Waals surface area contributed by atoms with E-state index < -0.39 is 10.0 Å². The van der Waals surface area contributed by atoms with Crippen molar-refractivity contribution in [3.63, 3.8) is 0 Å². The van der Waals surface area contributed by atoms with Gasteiger partial charge in [0.2, 0.25) is 10.0 Å². The van der Waals surface area contributed by atoms with Crippen molar-refractivity contribution in [1.29, 1.82) is 0 Å². The number of nitrogens with two attached hydrogens (primary N) is 1. The molecule has 0 saturated heterocycles. The molecule has 0 amide bonds. The van der Waals surface area contributed by atoms with Crippen LogP contribution >= 0.6 is 0 Å². The largest absolute Gasteiger partial charge is 0.409 e. The number of nitrogens with one attached hydrogen (secondary N) is 2. The van der Waals surface area contributed by atoms with E-state index >= 15 is 0 Å². The smallest absolute Gasteiger partial charge is 0.208 e. The predicted octanol–water partition coefficient (Wildman–Crippen LogP) is -0.568. The molecule has 8 heteroatoms. The molecule has 1 rings (SSSR count). The lowest BCUT2D eigenvalue weighted by Crippen LogP contribution is -2.31. The van der Waals surface area contributed by atoms with Crippen LogP contribution in [-0.4, -0.2) is 45.4 Å². The number of sulfonamides is 1. The van der Waals surface area contributed by atoms with Crippen LogP contribution in [-0.2, 0) is 10.0 Å². The van der Waals surface area contributed by atoms with Crippen molar-refractivity contribution >= 4 is 15.9 Å². The number of nitrogens with zero attached hydrogens (tertiary/aromatic N) is 1. The summed E-state index contributed by atoms with van der Waals surface area (Å²) in [6.45, 7) is 2.02. The van der Waals surface area contributed by atoms with Crippen LogP contribution in [0.2, 0.25) is 0 Å². The van der Waals surface area contributed by atoms with Gasteiger partial charge in [-0.25, -0.2) is 13.1 Å². The van der Waals surface area contributed by atoms with Crippen molar-refractivity contribution < 1.29 is 13.6 Å². The van der Waals surface area contributed by atoms with Crippen molar-refractivity contribution in [2.75, 3.05) is 25.9 Å². The van der Waals surface area contributed by atoms with Gasteiger partial charge in [0.15, 0.2) is 0 Å². The third kappa shape index (κ3) is 6.18. The summed E-state index contributed by atoms with van der Waals surface area (Å²) in [6, 6.07) is 0. The van der Waals surface area contributed by atoms with E-state index in [9.17, 15) is 8.42 Å². The minimum absolute atomic E-state index is 0.139. The van der Waals surface area contributed by atoms with Gasteiger partial charge in [0.05, 0.1) is 6.26 Å². The molecule has 0 aromatic rings. The molecule has 0 aliphatic heterocycles. The van der Waals surface area contributed by atoms with E-state index in [2.05, 4.69) is 15.2 Å². The maximum Gasteiger partial charge on any atom is 0.208 e. The van der Waals surface area contributed by atoms with Crippen LogP contribution in [0.1, 0.15) is 25.7 Å². The fourth-order valence-corrected chi connectivity index (χ4v) is 2.35. The molecule has 1 aliphatic rings. The van der Waals surface area contributed by atoms with Crippen molar-refractivity contribution in [2.45, 2.75) is 25.7 Å². The lowest BCUT2D eigenvalue weighted by atomic mass is 10.0. The van der Waals surface area contributed by atoms with Gasteiger partial charge in [-0.2, -0.15) is 0 Å². The van der Waals surface area contributed by atoms with Gasteiger partial charge in [0.25, 0.3) is 0 Å². The minimum atomic E-state index is -3.08. The van der Waals surface area contributed by atoms with Crippen molar-refractivity contribution in [1.82, 2.24) is 10.0 Å². The molecule has 1 fully saturated rings. The molecule has 106 valence electrons. The van der Waals surface area contributed by atoms with E-state index in [1.54, 1.807) is 0 Å². The standard InChI is InChI=1S/C10H22N4O3S/c1-18(16,17)13-6-2-5-12-8-10(3-4-10)7-9(11)14-15/h12-13,15H,2-8H2,1H3,(H2,11,14). The number of amidine groups is 1. The van der Waals surface area contributed by atoms with Gasteiger partial charge in [-0.1, -0.05) is 5.16 Å². The van der Waals surface area contributed by atoms with E-state index in [4.69, 9.17) is 10.9 Å². The lowest BCUT2D eigenvalue weighted by molar-refractivity contribution is 0.314. The first-order valence-electron chi connectivity index (χ1n) is 5.99. The Morgan fingerprint density at radius 1 is 1.44 bits per heavy atom. The Kier molecular flexibility index (Phi) is 5.36. The monoisotopic (exact) mass is 278 g/mol.